The summed E-state index contributed by atoms with van der Waals surface area (Å²) in [6.07, 6.45) is 1.96. The third-order valence-electron chi connectivity index (χ3n) is 1.45. The van der Waals surface area contributed by atoms with E-state index in [4.69, 9.17) is 4.74 Å². The van der Waals surface area contributed by atoms with E-state index in [1.807, 2.05) is 13.8 Å². The molecule has 1 unspecified atom stereocenters. The van der Waals surface area contributed by atoms with Crippen molar-refractivity contribution in [1.82, 2.24) is 0 Å². The molecule has 0 aromatic heterocycles. The van der Waals surface area contributed by atoms with Crippen LogP contribution in [-0.2, 0) is 9.53 Å². The van der Waals surface area contributed by atoms with Gasteiger partial charge in [0, 0.05) is 6.42 Å². The molecule has 2 nitrogen and oxygen atoms in total. The normalized spacial score (nSPS) is 12.7. The van der Waals surface area contributed by atoms with E-state index in [0.717, 1.165) is 0 Å². The molecule has 0 aliphatic heterocycles. The van der Waals surface area contributed by atoms with Gasteiger partial charge in [-0.3, -0.25) is 4.79 Å². The molecular formula is C9H16O2. The summed E-state index contributed by atoms with van der Waals surface area (Å²) in [5, 5.41) is 0. The molecule has 0 N–H and O–H groups in total. The number of carbonyl (C=O) groups is 1. The summed E-state index contributed by atoms with van der Waals surface area (Å²) in [4.78, 5) is 10.8. The minimum absolute atomic E-state index is 0.137. The lowest BCUT2D eigenvalue weighted by Crippen LogP contribution is -2.20. The number of esters is 1. The Morgan fingerprint density at radius 1 is 1.64 bits per heavy atom. The Labute approximate surface area is 68.2 Å². The third kappa shape index (κ3) is 3.81. The minimum atomic E-state index is -0.163. The smallest absolute Gasteiger partial charge is 0.306 e. The van der Waals surface area contributed by atoms with Crippen molar-refractivity contribution in [1.29, 1.82) is 0 Å². The quantitative estimate of drug-likeness (QED) is 0.460. The molecule has 1 atom stereocenters. The van der Waals surface area contributed by atoms with Gasteiger partial charge >= 0.3 is 5.97 Å². The molecule has 0 heterocycles. The van der Waals surface area contributed by atoms with E-state index in [0.29, 0.717) is 12.3 Å². The zero-order chi connectivity index (χ0) is 8.85. The van der Waals surface area contributed by atoms with Gasteiger partial charge in [0.2, 0.25) is 0 Å². The Bertz CT molecular complexity index is 138. The fourth-order valence-electron chi connectivity index (χ4n) is 0.691. The van der Waals surface area contributed by atoms with Gasteiger partial charge in [0.1, 0.15) is 6.10 Å². The molecule has 0 saturated carbocycles. The minimum Gasteiger partial charge on any atom is -0.458 e. The maximum Gasteiger partial charge on any atom is 0.306 e. The summed E-state index contributed by atoms with van der Waals surface area (Å²) in [6.45, 7) is 9.36. The van der Waals surface area contributed by atoms with Gasteiger partial charge in [0.05, 0.1) is 0 Å². The third-order valence-corrected chi connectivity index (χ3v) is 1.45. The highest BCUT2D eigenvalue weighted by Gasteiger charge is 2.12. The van der Waals surface area contributed by atoms with E-state index in [2.05, 4.69) is 6.58 Å². The van der Waals surface area contributed by atoms with Crippen LogP contribution in [0.15, 0.2) is 12.7 Å². The highest BCUT2D eigenvalue weighted by atomic mass is 16.5. The molecule has 0 spiro atoms. The van der Waals surface area contributed by atoms with Crippen molar-refractivity contribution < 1.29 is 9.53 Å². The summed E-state index contributed by atoms with van der Waals surface area (Å²) < 4.78 is 5.05. The number of hydrogen-bond donors (Lipinski definition) is 0. The Balaban J connectivity index is 3.87. The van der Waals surface area contributed by atoms with Crippen LogP contribution in [0.3, 0.4) is 0 Å². The summed E-state index contributed by atoms with van der Waals surface area (Å²) in [5.74, 6) is 0.145. The monoisotopic (exact) mass is 156 g/mol. The maximum absolute atomic E-state index is 10.8. The molecule has 11 heavy (non-hydrogen) atoms. The lowest BCUT2D eigenvalue weighted by Gasteiger charge is -2.16. The fourth-order valence-corrected chi connectivity index (χ4v) is 0.691. The van der Waals surface area contributed by atoms with Crippen molar-refractivity contribution in [2.75, 3.05) is 0 Å². The van der Waals surface area contributed by atoms with E-state index in [1.165, 1.54) is 0 Å². The summed E-state index contributed by atoms with van der Waals surface area (Å²) in [6, 6.07) is 0. The van der Waals surface area contributed by atoms with Crippen LogP contribution < -0.4 is 0 Å². The largest absolute Gasteiger partial charge is 0.458 e. The Kier molecular flexibility index (Phi) is 4.59. The first-order valence-electron chi connectivity index (χ1n) is 3.93. The van der Waals surface area contributed by atoms with Crippen LogP contribution in [0.5, 0.6) is 0 Å². The average Bonchev–Trinajstić information content (AvgIpc) is 1.99. The van der Waals surface area contributed by atoms with Crippen molar-refractivity contribution >= 4 is 5.97 Å². The molecule has 2 heteroatoms. The maximum atomic E-state index is 10.8. The van der Waals surface area contributed by atoms with E-state index in [1.54, 1.807) is 13.0 Å². The van der Waals surface area contributed by atoms with Gasteiger partial charge in [-0.25, -0.2) is 0 Å². The van der Waals surface area contributed by atoms with E-state index in [-0.39, 0.29) is 12.1 Å². The Morgan fingerprint density at radius 2 is 2.18 bits per heavy atom. The van der Waals surface area contributed by atoms with Crippen LogP contribution >= 0.6 is 0 Å². The SMILES string of the molecule is C=CC(OC(=O)CC)C(C)C. The van der Waals surface area contributed by atoms with Crippen molar-refractivity contribution in [3.8, 4) is 0 Å². The van der Waals surface area contributed by atoms with Gasteiger partial charge in [-0.2, -0.15) is 0 Å². The first kappa shape index (κ1) is 10.2. The molecular weight excluding hydrogens is 140 g/mol. The van der Waals surface area contributed by atoms with Crippen molar-refractivity contribution in [3.05, 3.63) is 12.7 Å². The Morgan fingerprint density at radius 3 is 2.45 bits per heavy atom. The Hall–Kier alpha value is -0.790. The van der Waals surface area contributed by atoms with Gasteiger partial charge < -0.3 is 4.74 Å². The second-order valence-corrected chi connectivity index (χ2v) is 2.79. The molecule has 0 radical (unpaired) electrons. The highest BCUT2D eigenvalue weighted by molar-refractivity contribution is 5.69. The van der Waals surface area contributed by atoms with Crippen LogP contribution in [0.2, 0.25) is 0 Å². The predicted octanol–water partition coefficient (Wildman–Crippen LogP) is 2.15. The summed E-state index contributed by atoms with van der Waals surface area (Å²) in [5.41, 5.74) is 0. The summed E-state index contributed by atoms with van der Waals surface area (Å²) >= 11 is 0. The molecule has 0 amide bonds. The van der Waals surface area contributed by atoms with Gasteiger partial charge in [-0.05, 0) is 5.92 Å². The van der Waals surface area contributed by atoms with Crippen molar-refractivity contribution in [2.24, 2.45) is 5.92 Å². The molecule has 0 aliphatic carbocycles. The van der Waals surface area contributed by atoms with Gasteiger partial charge in [-0.15, -0.1) is 0 Å². The van der Waals surface area contributed by atoms with Crippen LogP contribution in [0.25, 0.3) is 0 Å². The first-order valence-corrected chi connectivity index (χ1v) is 3.93. The molecule has 0 aromatic carbocycles. The molecule has 0 saturated heterocycles. The molecule has 0 fully saturated rings. The standard InChI is InChI=1S/C9H16O2/c1-5-8(7(3)4)11-9(10)6-2/h5,7-8H,1,6H2,2-4H3. The van der Waals surface area contributed by atoms with E-state index in [9.17, 15) is 4.79 Å². The molecule has 0 rings (SSSR count). The predicted molar refractivity (Wildman–Crippen MR) is 45.2 cm³/mol. The van der Waals surface area contributed by atoms with Crippen molar-refractivity contribution in [3.63, 3.8) is 0 Å². The van der Waals surface area contributed by atoms with E-state index >= 15 is 0 Å². The van der Waals surface area contributed by atoms with Crippen molar-refractivity contribution in [2.45, 2.75) is 33.3 Å². The highest BCUT2D eigenvalue weighted by Crippen LogP contribution is 2.07. The lowest BCUT2D eigenvalue weighted by molar-refractivity contribution is -0.148. The van der Waals surface area contributed by atoms with Gasteiger partial charge in [0.15, 0.2) is 0 Å². The zero-order valence-electron chi connectivity index (χ0n) is 7.46. The topological polar surface area (TPSA) is 26.3 Å². The van der Waals surface area contributed by atoms with Crippen LogP contribution in [0.4, 0.5) is 0 Å². The van der Waals surface area contributed by atoms with Crippen LogP contribution in [0.1, 0.15) is 27.2 Å². The van der Waals surface area contributed by atoms with Gasteiger partial charge in [0.25, 0.3) is 0 Å². The number of ether oxygens (including phenoxy) is 1. The fraction of sp³-hybridized carbons (Fsp3) is 0.667. The second-order valence-electron chi connectivity index (χ2n) is 2.79. The average molecular weight is 156 g/mol. The summed E-state index contributed by atoms with van der Waals surface area (Å²) in [7, 11) is 0. The number of carbonyl (C=O) groups excluding carboxylic acids is 1. The molecule has 64 valence electrons. The zero-order valence-corrected chi connectivity index (χ0v) is 7.46. The molecule has 0 bridgehead atoms. The van der Waals surface area contributed by atoms with Crippen LogP contribution in [-0.4, -0.2) is 12.1 Å². The first-order chi connectivity index (χ1) is 5.11. The molecule has 0 aliphatic rings. The van der Waals surface area contributed by atoms with Gasteiger partial charge in [-0.1, -0.05) is 33.4 Å². The van der Waals surface area contributed by atoms with E-state index < -0.39 is 0 Å². The van der Waals surface area contributed by atoms with Crippen LogP contribution in [0, 0.1) is 5.92 Å². The number of rotatable bonds is 4. The number of hydrogen-bond acceptors (Lipinski definition) is 2. The second kappa shape index (κ2) is 4.94. The lowest BCUT2D eigenvalue weighted by atomic mass is 10.1. The molecule has 0 aromatic rings.